The van der Waals surface area contributed by atoms with Gasteiger partial charge in [0.15, 0.2) is 0 Å². The van der Waals surface area contributed by atoms with Crippen molar-refractivity contribution in [2.75, 3.05) is 25.4 Å². The number of hydrogen-bond donors (Lipinski definition) is 1. The standard InChI is InChI=1S/C23H30N2O3S/c26-23(24-16-15-21-11-5-2-6-12-21)22-14-7-17-25(19-22)29(27,28)18-8-13-20-9-3-1-4-10-20/h1-6,9-12,22H,7-8,13-19H2,(H,24,26)/t22-/m1/s1. The van der Waals surface area contributed by atoms with Crippen molar-refractivity contribution in [2.45, 2.75) is 32.1 Å². The molecule has 1 fully saturated rings. The fourth-order valence-corrected chi connectivity index (χ4v) is 5.34. The van der Waals surface area contributed by atoms with E-state index in [0.717, 1.165) is 31.2 Å². The first-order valence-electron chi connectivity index (χ1n) is 10.4. The van der Waals surface area contributed by atoms with Gasteiger partial charge in [0, 0.05) is 19.6 Å². The predicted molar refractivity (Wildman–Crippen MR) is 116 cm³/mol. The first kappa shape index (κ1) is 21.5. The smallest absolute Gasteiger partial charge is 0.224 e. The number of nitrogens with one attached hydrogen (secondary N) is 1. The molecule has 0 radical (unpaired) electrons. The molecule has 3 rings (SSSR count). The summed E-state index contributed by atoms with van der Waals surface area (Å²) in [5.74, 6) is -0.168. The average Bonchev–Trinajstić information content (AvgIpc) is 2.75. The fraction of sp³-hybridized carbons (Fsp3) is 0.435. The second kappa shape index (κ2) is 10.6. The van der Waals surface area contributed by atoms with Crippen LogP contribution in [0, 0.1) is 5.92 Å². The molecule has 1 N–H and O–H groups in total. The number of hydrogen-bond acceptors (Lipinski definition) is 3. The molecule has 1 heterocycles. The van der Waals surface area contributed by atoms with Crippen molar-refractivity contribution in [3.8, 4) is 0 Å². The van der Waals surface area contributed by atoms with Crippen LogP contribution >= 0.6 is 0 Å². The molecule has 0 aromatic heterocycles. The van der Waals surface area contributed by atoms with Crippen molar-refractivity contribution in [1.82, 2.24) is 9.62 Å². The maximum Gasteiger partial charge on any atom is 0.224 e. The van der Waals surface area contributed by atoms with Gasteiger partial charge in [-0.25, -0.2) is 12.7 Å². The lowest BCUT2D eigenvalue weighted by atomic mass is 9.99. The number of piperidine rings is 1. The molecule has 29 heavy (non-hydrogen) atoms. The lowest BCUT2D eigenvalue weighted by Gasteiger charge is -2.31. The summed E-state index contributed by atoms with van der Waals surface area (Å²) in [5.41, 5.74) is 2.33. The zero-order valence-electron chi connectivity index (χ0n) is 16.8. The van der Waals surface area contributed by atoms with Gasteiger partial charge in [-0.3, -0.25) is 4.79 Å². The molecule has 6 heteroatoms. The Morgan fingerprint density at radius 1 is 0.966 bits per heavy atom. The molecular weight excluding hydrogens is 384 g/mol. The molecule has 1 aliphatic heterocycles. The van der Waals surface area contributed by atoms with Crippen molar-refractivity contribution in [2.24, 2.45) is 5.92 Å². The normalized spacial score (nSPS) is 17.7. The van der Waals surface area contributed by atoms with E-state index in [1.165, 1.54) is 9.87 Å². The Balaban J connectivity index is 1.45. The summed E-state index contributed by atoms with van der Waals surface area (Å²) in [7, 11) is -3.33. The van der Waals surface area contributed by atoms with Crippen LogP contribution < -0.4 is 5.32 Å². The lowest BCUT2D eigenvalue weighted by Crippen LogP contribution is -2.46. The van der Waals surface area contributed by atoms with E-state index in [-0.39, 0.29) is 17.6 Å². The highest BCUT2D eigenvalue weighted by molar-refractivity contribution is 7.89. The van der Waals surface area contributed by atoms with Gasteiger partial charge in [-0.15, -0.1) is 0 Å². The molecule has 2 aromatic rings. The van der Waals surface area contributed by atoms with E-state index in [0.29, 0.717) is 26.1 Å². The van der Waals surface area contributed by atoms with Crippen molar-refractivity contribution < 1.29 is 13.2 Å². The Morgan fingerprint density at radius 2 is 1.59 bits per heavy atom. The lowest BCUT2D eigenvalue weighted by molar-refractivity contribution is -0.126. The highest BCUT2D eigenvalue weighted by Gasteiger charge is 2.31. The summed E-state index contributed by atoms with van der Waals surface area (Å²) in [6.07, 6.45) is 3.59. The fourth-order valence-electron chi connectivity index (χ4n) is 3.76. The highest BCUT2D eigenvalue weighted by Crippen LogP contribution is 2.20. The monoisotopic (exact) mass is 414 g/mol. The minimum absolute atomic E-state index is 0.0369. The first-order chi connectivity index (χ1) is 14.0. The predicted octanol–water partition coefficient (Wildman–Crippen LogP) is 3.02. The van der Waals surface area contributed by atoms with Crippen molar-refractivity contribution >= 4 is 15.9 Å². The van der Waals surface area contributed by atoms with Crippen LogP contribution in [0.1, 0.15) is 30.4 Å². The van der Waals surface area contributed by atoms with E-state index < -0.39 is 10.0 Å². The highest BCUT2D eigenvalue weighted by atomic mass is 32.2. The Kier molecular flexibility index (Phi) is 7.83. The van der Waals surface area contributed by atoms with Crippen LogP contribution in [0.2, 0.25) is 0 Å². The molecule has 1 aliphatic rings. The summed E-state index contributed by atoms with van der Waals surface area (Å²) >= 11 is 0. The summed E-state index contributed by atoms with van der Waals surface area (Å²) < 4.78 is 27.0. The largest absolute Gasteiger partial charge is 0.355 e. The number of amides is 1. The van der Waals surface area contributed by atoms with E-state index in [4.69, 9.17) is 0 Å². The van der Waals surface area contributed by atoms with Gasteiger partial charge < -0.3 is 5.32 Å². The van der Waals surface area contributed by atoms with Gasteiger partial charge in [-0.2, -0.15) is 0 Å². The van der Waals surface area contributed by atoms with E-state index in [1.54, 1.807) is 0 Å². The summed E-state index contributed by atoms with van der Waals surface area (Å²) in [5, 5.41) is 2.98. The van der Waals surface area contributed by atoms with Crippen molar-refractivity contribution in [3.05, 3.63) is 71.8 Å². The van der Waals surface area contributed by atoms with E-state index in [9.17, 15) is 13.2 Å². The number of rotatable bonds is 9. The second-order valence-corrected chi connectivity index (χ2v) is 9.72. The summed E-state index contributed by atoms with van der Waals surface area (Å²) in [6, 6.07) is 19.9. The molecule has 0 spiro atoms. The minimum Gasteiger partial charge on any atom is -0.355 e. The van der Waals surface area contributed by atoms with Crippen LogP contribution in [0.15, 0.2) is 60.7 Å². The van der Waals surface area contributed by atoms with Crippen LogP contribution in [0.3, 0.4) is 0 Å². The third kappa shape index (κ3) is 6.68. The number of nitrogens with zero attached hydrogens (tertiary/aromatic N) is 1. The average molecular weight is 415 g/mol. The minimum atomic E-state index is -3.33. The molecule has 1 atom stereocenters. The van der Waals surface area contributed by atoms with E-state index >= 15 is 0 Å². The van der Waals surface area contributed by atoms with Gasteiger partial charge in [0.25, 0.3) is 0 Å². The molecule has 0 bridgehead atoms. The molecular formula is C23H30N2O3S. The van der Waals surface area contributed by atoms with Crippen molar-refractivity contribution in [3.63, 3.8) is 0 Å². The SMILES string of the molecule is O=C(NCCc1ccccc1)[C@@H]1CCCN(S(=O)(=O)CCCc2ccccc2)C1. The topological polar surface area (TPSA) is 66.5 Å². The van der Waals surface area contributed by atoms with E-state index in [1.807, 2.05) is 60.7 Å². The number of benzene rings is 2. The van der Waals surface area contributed by atoms with Crippen LogP contribution in [0.5, 0.6) is 0 Å². The van der Waals surface area contributed by atoms with Gasteiger partial charge >= 0.3 is 0 Å². The molecule has 156 valence electrons. The number of carbonyl (C=O) groups is 1. The quantitative estimate of drug-likeness (QED) is 0.686. The Morgan fingerprint density at radius 3 is 2.24 bits per heavy atom. The third-order valence-corrected chi connectivity index (χ3v) is 7.34. The van der Waals surface area contributed by atoms with E-state index in [2.05, 4.69) is 5.32 Å². The second-order valence-electron chi connectivity index (χ2n) is 7.63. The maximum absolute atomic E-state index is 12.7. The molecule has 2 aromatic carbocycles. The van der Waals surface area contributed by atoms with Gasteiger partial charge in [0.05, 0.1) is 11.7 Å². The van der Waals surface area contributed by atoms with Crippen LogP contribution in [-0.2, 0) is 27.7 Å². The summed E-state index contributed by atoms with van der Waals surface area (Å²) in [4.78, 5) is 12.5. The van der Waals surface area contributed by atoms with Crippen LogP contribution in [0.25, 0.3) is 0 Å². The zero-order chi connectivity index (χ0) is 20.5. The van der Waals surface area contributed by atoms with Gasteiger partial charge in [-0.1, -0.05) is 60.7 Å². The number of aryl methyl sites for hydroxylation is 1. The Hall–Kier alpha value is -2.18. The molecule has 1 amide bonds. The molecule has 0 saturated carbocycles. The maximum atomic E-state index is 12.7. The number of carbonyl (C=O) groups excluding carboxylic acids is 1. The first-order valence-corrected chi connectivity index (χ1v) is 12.0. The Labute approximate surface area is 174 Å². The van der Waals surface area contributed by atoms with Gasteiger partial charge in [-0.05, 0) is 43.2 Å². The molecule has 5 nitrogen and oxygen atoms in total. The Bertz CT molecular complexity index is 870. The molecule has 0 unspecified atom stereocenters. The third-order valence-electron chi connectivity index (χ3n) is 5.41. The van der Waals surface area contributed by atoms with Crippen LogP contribution in [0.4, 0.5) is 0 Å². The number of sulfonamides is 1. The zero-order valence-corrected chi connectivity index (χ0v) is 17.6. The molecule has 0 aliphatic carbocycles. The molecule has 1 saturated heterocycles. The van der Waals surface area contributed by atoms with Gasteiger partial charge in [0.2, 0.25) is 15.9 Å². The van der Waals surface area contributed by atoms with Gasteiger partial charge in [0.1, 0.15) is 0 Å². The van der Waals surface area contributed by atoms with Crippen LogP contribution in [-0.4, -0.2) is 44.0 Å². The summed E-state index contributed by atoms with van der Waals surface area (Å²) in [6.45, 7) is 1.38. The van der Waals surface area contributed by atoms with Crippen molar-refractivity contribution in [1.29, 1.82) is 0 Å².